The van der Waals surface area contributed by atoms with E-state index < -0.39 is 5.60 Å². The molecule has 0 spiro atoms. The molecule has 1 aromatic carbocycles. The Labute approximate surface area is 103 Å². The first-order valence-corrected chi connectivity index (χ1v) is 6.23. The molecule has 0 amide bonds. The second kappa shape index (κ2) is 5.07. The topological polar surface area (TPSA) is 32.7 Å². The largest absolute Gasteiger partial charge is 0.497 e. The number of ether oxygens (including phenoxy) is 1. The number of rotatable bonds is 5. The van der Waals surface area contributed by atoms with Crippen molar-refractivity contribution in [2.24, 2.45) is 0 Å². The highest BCUT2D eigenvalue weighted by atomic mass is 16.5. The Hall–Kier alpha value is -1.06. The quantitative estimate of drug-likeness (QED) is 0.847. The monoisotopic (exact) mass is 235 g/mol. The minimum atomic E-state index is -0.429. The number of β-amino-alcohol motifs (C(OH)–C–C–N with tert-alkyl or cyclic N) is 1. The molecule has 0 aromatic heterocycles. The van der Waals surface area contributed by atoms with Crippen LogP contribution in [0.15, 0.2) is 24.3 Å². The maximum Gasteiger partial charge on any atom is 0.118 e. The van der Waals surface area contributed by atoms with Crippen molar-refractivity contribution in [3.63, 3.8) is 0 Å². The number of benzene rings is 1. The van der Waals surface area contributed by atoms with E-state index in [1.54, 1.807) is 7.11 Å². The van der Waals surface area contributed by atoms with E-state index in [9.17, 15) is 5.11 Å². The van der Waals surface area contributed by atoms with E-state index in [4.69, 9.17) is 4.74 Å². The van der Waals surface area contributed by atoms with Crippen LogP contribution in [0.1, 0.15) is 25.3 Å². The minimum Gasteiger partial charge on any atom is -0.497 e. The first-order valence-electron chi connectivity index (χ1n) is 6.23. The number of nitrogens with zero attached hydrogens (tertiary/aromatic N) is 1. The van der Waals surface area contributed by atoms with Gasteiger partial charge in [0.05, 0.1) is 12.7 Å². The predicted molar refractivity (Wildman–Crippen MR) is 68.1 cm³/mol. The summed E-state index contributed by atoms with van der Waals surface area (Å²) in [5.41, 5.74) is 0.839. The summed E-state index contributed by atoms with van der Waals surface area (Å²) in [5, 5.41) is 10.1. The predicted octanol–water partition coefficient (Wildman–Crippen LogP) is 2.04. The molecule has 0 atom stereocenters. The molecule has 1 saturated heterocycles. The van der Waals surface area contributed by atoms with Crippen LogP contribution in [-0.2, 0) is 6.54 Å². The van der Waals surface area contributed by atoms with Gasteiger partial charge in [0.15, 0.2) is 0 Å². The normalized spacial score (nSPS) is 18.8. The molecule has 1 heterocycles. The van der Waals surface area contributed by atoms with Crippen LogP contribution >= 0.6 is 0 Å². The summed E-state index contributed by atoms with van der Waals surface area (Å²) in [4.78, 5) is 2.28. The van der Waals surface area contributed by atoms with Crippen molar-refractivity contribution in [2.45, 2.75) is 31.9 Å². The van der Waals surface area contributed by atoms with Gasteiger partial charge >= 0.3 is 0 Å². The molecule has 3 heteroatoms. The van der Waals surface area contributed by atoms with Gasteiger partial charge in [0.1, 0.15) is 5.75 Å². The van der Waals surface area contributed by atoms with Crippen molar-refractivity contribution in [3.05, 3.63) is 29.8 Å². The average molecular weight is 235 g/mol. The van der Waals surface area contributed by atoms with Gasteiger partial charge in [0.2, 0.25) is 0 Å². The molecule has 0 bridgehead atoms. The zero-order chi connectivity index (χ0) is 12.3. The molecule has 94 valence electrons. The lowest BCUT2D eigenvalue weighted by Gasteiger charge is -2.46. The van der Waals surface area contributed by atoms with E-state index in [1.807, 2.05) is 12.1 Å². The molecule has 1 aliphatic rings. The van der Waals surface area contributed by atoms with Crippen molar-refractivity contribution in [1.82, 2.24) is 4.90 Å². The summed E-state index contributed by atoms with van der Waals surface area (Å²) < 4.78 is 5.13. The molecule has 1 aliphatic heterocycles. The zero-order valence-electron chi connectivity index (χ0n) is 10.6. The third kappa shape index (κ3) is 2.99. The first-order chi connectivity index (χ1) is 8.15. The summed E-state index contributed by atoms with van der Waals surface area (Å²) in [6, 6.07) is 8.12. The Bertz CT molecular complexity index is 355. The summed E-state index contributed by atoms with van der Waals surface area (Å²) in [5.74, 6) is 0.889. The van der Waals surface area contributed by atoms with Gasteiger partial charge in [-0.25, -0.2) is 0 Å². The second-order valence-electron chi connectivity index (χ2n) is 4.97. The van der Waals surface area contributed by atoms with E-state index >= 15 is 0 Å². The molecule has 1 aromatic rings. The first kappa shape index (κ1) is 12.4. The lowest BCUT2D eigenvalue weighted by Crippen LogP contribution is -2.60. The number of likely N-dealkylation sites (tertiary alicyclic amines) is 1. The molecule has 0 unspecified atom stereocenters. The van der Waals surface area contributed by atoms with E-state index in [1.165, 1.54) is 5.56 Å². The average Bonchev–Trinajstić information content (AvgIpc) is 2.28. The van der Waals surface area contributed by atoms with Crippen LogP contribution in [0.4, 0.5) is 0 Å². The lowest BCUT2D eigenvalue weighted by molar-refractivity contribution is -0.106. The standard InChI is InChI=1S/C14H21NO2/c1-3-8-14(16)10-15(11-14)9-12-4-6-13(17-2)7-5-12/h4-7,16H,3,8-11H2,1-2H3. The highest BCUT2D eigenvalue weighted by Crippen LogP contribution is 2.27. The molecule has 0 saturated carbocycles. The SMILES string of the molecule is CCCC1(O)CN(Cc2ccc(OC)cc2)C1. The molecule has 0 radical (unpaired) electrons. The third-order valence-electron chi connectivity index (χ3n) is 3.32. The summed E-state index contributed by atoms with van der Waals surface area (Å²) in [7, 11) is 1.68. The van der Waals surface area contributed by atoms with E-state index in [0.29, 0.717) is 0 Å². The Morgan fingerprint density at radius 1 is 1.29 bits per heavy atom. The fourth-order valence-corrected chi connectivity index (χ4v) is 2.51. The highest BCUT2D eigenvalue weighted by molar-refractivity contribution is 5.27. The van der Waals surface area contributed by atoms with Gasteiger partial charge < -0.3 is 9.84 Å². The van der Waals surface area contributed by atoms with Gasteiger partial charge in [-0.3, -0.25) is 4.90 Å². The van der Waals surface area contributed by atoms with Crippen molar-refractivity contribution < 1.29 is 9.84 Å². The fourth-order valence-electron chi connectivity index (χ4n) is 2.51. The summed E-state index contributed by atoms with van der Waals surface area (Å²) >= 11 is 0. The van der Waals surface area contributed by atoms with Crippen LogP contribution in [0.2, 0.25) is 0 Å². The number of hydrogen-bond acceptors (Lipinski definition) is 3. The van der Waals surface area contributed by atoms with E-state index in [-0.39, 0.29) is 0 Å². The van der Waals surface area contributed by atoms with Gasteiger partial charge in [-0.05, 0) is 24.1 Å². The number of aliphatic hydroxyl groups is 1. The van der Waals surface area contributed by atoms with Gasteiger partial charge in [-0.1, -0.05) is 25.5 Å². The molecule has 0 aliphatic carbocycles. The molecule has 17 heavy (non-hydrogen) atoms. The highest BCUT2D eigenvalue weighted by Gasteiger charge is 2.39. The van der Waals surface area contributed by atoms with Crippen LogP contribution in [0.25, 0.3) is 0 Å². The minimum absolute atomic E-state index is 0.429. The van der Waals surface area contributed by atoms with Gasteiger partial charge in [-0.15, -0.1) is 0 Å². The molecule has 3 nitrogen and oxygen atoms in total. The van der Waals surface area contributed by atoms with Crippen LogP contribution in [0.5, 0.6) is 5.75 Å². The van der Waals surface area contributed by atoms with Crippen LogP contribution in [0, 0.1) is 0 Å². The third-order valence-corrected chi connectivity index (χ3v) is 3.32. The van der Waals surface area contributed by atoms with Crippen LogP contribution in [-0.4, -0.2) is 35.8 Å². The molecular weight excluding hydrogens is 214 g/mol. The van der Waals surface area contributed by atoms with Gasteiger partial charge in [0, 0.05) is 19.6 Å². The Morgan fingerprint density at radius 3 is 2.47 bits per heavy atom. The van der Waals surface area contributed by atoms with Gasteiger partial charge in [-0.2, -0.15) is 0 Å². The second-order valence-corrected chi connectivity index (χ2v) is 4.97. The summed E-state index contributed by atoms with van der Waals surface area (Å²) in [6.45, 7) is 4.62. The zero-order valence-corrected chi connectivity index (χ0v) is 10.6. The van der Waals surface area contributed by atoms with Crippen molar-refractivity contribution in [1.29, 1.82) is 0 Å². The smallest absolute Gasteiger partial charge is 0.118 e. The Kier molecular flexibility index (Phi) is 3.69. The number of methoxy groups -OCH3 is 1. The lowest BCUT2D eigenvalue weighted by atomic mass is 9.89. The van der Waals surface area contributed by atoms with Crippen LogP contribution in [0.3, 0.4) is 0 Å². The van der Waals surface area contributed by atoms with Crippen molar-refractivity contribution in [2.75, 3.05) is 20.2 Å². The number of hydrogen-bond donors (Lipinski definition) is 1. The van der Waals surface area contributed by atoms with Crippen LogP contribution < -0.4 is 4.74 Å². The molecule has 2 rings (SSSR count). The fraction of sp³-hybridized carbons (Fsp3) is 0.571. The maximum atomic E-state index is 10.1. The molecule has 1 fully saturated rings. The molecular formula is C14H21NO2. The van der Waals surface area contributed by atoms with E-state index in [0.717, 1.165) is 38.2 Å². The van der Waals surface area contributed by atoms with E-state index in [2.05, 4.69) is 24.0 Å². The Morgan fingerprint density at radius 2 is 1.94 bits per heavy atom. The maximum absolute atomic E-state index is 10.1. The van der Waals surface area contributed by atoms with Crippen molar-refractivity contribution >= 4 is 0 Å². The summed E-state index contributed by atoms with van der Waals surface area (Å²) in [6.07, 6.45) is 1.96. The Balaban J connectivity index is 1.83. The molecule has 1 N–H and O–H groups in total. The van der Waals surface area contributed by atoms with Gasteiger partial charge in [0.25, 0.3) is 0 Å². The van der Waals surface area contributed by atoms with Crippen molar-refractivity contribution in [3.8, 4) is 5.75 Å².